The quantitative estimate of drug-likeness (QED) is 0.0243. The number of benzene rings is 2. The zero-order valence-electron chi connectivity index (χ0n) is 47.5. The number of piperidine rings is 2. The topological polar surface area (TPSA) is 363 Å². The van der Waals surface area contributed by atoms with E-state index in [2.05, 4.69) is 25.6 Å². The highest BCUT2D eigenvalue weighted by Gasteiger charge is 2.36. The van der Waals surface area contributed by atoms with Gasteiger partial charge in [-0.2, -0.15) is 10.5 Å². The average molecular weight is 1130 g/mol. The van der Waals surface area contributed by atoms with E-state index >= 15 is 0 Å². The minimum Gasteiger partial charge on any atom is -0.364 e. The summed E-state index contributed by atoms with van der Waals surface area (Å²) in [6.07, 6.45) is 11.6. The van der Waals surface area contributed by atoms with Crippen molar-refractivity contribution in [3.05, 3.63) is 142 Å². The Kier molecular flexibility index (Phi) is 21.7. The zero-order chi connectivity index (χ0) is 60.5. The van der Waals surface area contributed by atoms with Crippen molar-refractivity contribution < 1.29 is 33.6 Å². The highest BCUT2D eigenvalue weighted by atomic mass is 16.2. The van der Waals surface area contributed by atoms with Crippen molar-refractivity contribution in [2.24, 2.45) is 23.3 Å². The molecule has 0 radical (unpaired) electrons. The first-order valence-corrected chi connectivity index (χ1v) is 27.4. The van der Waals surface area contributed by atoms with Gasteiger partial charge in [-0.05, 0) is 117 Å². The number of allylic oxidation sites excluding steroid dienone is 1. The maximum Gasteiger partial charge on any atom is 0.269 e. The van der Waals surface area contributed by atoms with E-state index in [9.17, 15) is 38.8 Å². The number of amides is 6. The van der Waals surface area contributed by atoms with Gasteiger partial charge in [0.25, 0.3) is 29.5 Å². The molecule has 23 heteroatoms. The number of hydrogen-bond donors (Lipinski definition) is 6. The maximum absolute atomic E-state index is 13.3. The van der Waals surface area contributed by atoms with Gasteiger partial charge < -0.3 is 48.4 Å². The molecule has 432 valence electrons. The lowest BCUT2D eigenvalue weighted by molar-refractivity contribution is -0.134. The number of likely N-dealkylation sites (tertiary alicyclic amines) is 2. The first kappa shape index (κ1) is 62.2. The van der Waals surface area contributed by atoms with E-state index in [1.54, 1.807) is 76.8 Å². The molecule has 0 unspecified atom stereocenters. The minimum absolute atomic E-state index is 0.00830. The Morgan fingerprint density at radius 1 is 0.651 bits per heavy atom. The second-order valence-corrected chi connectivity index (χ2v) is 20.4. The van der Waals surface area contributed by atoms with Crippen LogP contribution in [0.1, 0.15) is 163 Å². The Hall–Kier alpha value is -10.0. The molecule has 2 atom stereocenters. The largest absolute Gasteiger partial charge is 0.364 e. The number of nitriles is 2. The summed E-state index contributed by atoms with van der Waals surface area (Å²) >= 11 is 0. The predicted octanol–water partition coefficient (Wildman–Crippen LogP) is 7.11. The molecule has 6 amide bonds. The van der Waals surface area contributed by atoms with Gasteiger partial charge in [0, 0.05) is 53.7 Å². The zero-order valence-corrected chi connectivity index (χ0v) is 47.5. The third kappa shape index (κ3) is 15.5. The van der Waals surface area contributed by atoms with E-state index in [-0.39, 0.29) is 64.3 Å². The number of primary amides is 2. The molecule has 0 bridgehead atoms. The monoisotopic (exact) mass is 1130 g/mol. The summed E-state index contributed by atoms with van der Waals surface area (Å²) in [6, 6.07) is 23.3. The number of nitrogens with zero attached hydrogens (tertiary/aromatic N) is 10. The van der Waals surface area contributed by atoms with Crippen LogP contribution in [0.4, 0.5) is 11.6 Å². The molecule has 83 heavy (non-hydrogen) atoms. The van der Waals surface area contributed by atoms with Crippen molar-refractivity contribution in [1.29, 1.82) is 10.5 Å². The fourth-order valence-electron chi connectivity index (χ4n) is 9.46. The highest BCUT2D eigenvalue weighted by molar-refractivity contribution is 6.05. The third-order valence-corrected chi connectivity index (χ3v) is 13.7. The molecule has 8 rings (SSSR count). The summed E-state index contributed by atoms with van der Waals surface area (Å²) in [4.78, 5) is 107. The van der Waals surface area contributed by atoms with E-state index in [4.69, 9.17) is 33.4 Å². The Morgan fingerprint density at radius 3 is 1.45 bits per heavy atom. The molecule has 2 aromatic carbocycles. The summed E-state index contributed by atoms with van der Waals surface area (Å²) in [6.45, 7) is 12.4. The molecule has 0 spiro atoms. The molecule has 10 N–H and O–H groups in total. The van der Waals surface area contributed by atoms with Gasteiger partial charge in [-0.1, -0.05) is 71.9 Å². The summed E-state index contributed by atoms with van der Waals surface area (Å²) in [5.74, 6) is 11.5. The first-order chi connectivity index (χ1) is 39.7. The van der Waals surface area contributed by atoms with Crippen LogP contribution < -0.4 is 33.8 Å². The number of imidazole rings is 2. The van der Waals surface area contributed by atoms with Crippen LogP contribution >= 0.6 is 0 Å². The normalized spacial score (nSPS) is 14.9. The number of anilines is 2. The van der Waals surface area contributed by atoms with Crippen molar-refractivity contribution in [1.82, 2.24) is 39.1 Å². The molecule has 2 fully saturated rings. The molecule has 6 aromatic rings. The molecular weight excluding hydrogens is 1060 g/mol. The smallest absolute Gasteiger partial charge is 0.269 e. The fraction of sp³-hybridized carbons (Fsp3) is 0.350. The van der Waals surface area contributed by atoms with E-state index < -0.39 is 29.8 Å². The number of pyridine rings is 2. The number of nitrogens with two attached hydrogens (primary N) is 4. The lowest BCUT2D eigenvalue weighted by Gasteiger charge is -2.35. The van der Waals surface area contributed by atoms with Crippen LogP contribution in [0, 0.1) is 34.5 Å². The van der Waals surface area contributed by atoms with Crippen molar-refractivity contribution >= 4 is 53.4 Å². The van der Waals surface area contributed by atoms with E-state index in [1.807, 2.05) is 77.9 Å². The van der Waals surface area contributed by atoms with E-state index in [0.29, 0.717) is 71.5 Å². The van der Waals surface area contributed by atoms with Crippen LogP contribution in [-0.4, -0.2) is 93.9 Å². The molecule has 2 aliphatic heterocycles. The van der Waals surface area contributed by atoms with Crippen LogP contribution in [0.2, 0.25) is 0 Å². The summed E-state index contributed by atoms with van der Waals surface area (Å²) < 4.78 is 2.27. The number of rotatable bonds is 16. The lowest BCUT2D eigenvalue weighted by Crippen LogP contribution is -2.41. The van der Waals surface area contributed by atoms with Crippen molar-refractivity contribution in [3.63, 3.8) is 0 Å². The van der Waals surface area contributed by atoms with Crippen molar-refractivity contribution in [2.45, 2.75) is 111 Å². The second-order valence-electron chi connectivity index (χ2n) is 20.4. The summed E-state index contributed by atoms with van der Waals surface area (Å²) in [5.41, 5.74) is 15.8. The van der Waals surface area contributed by atoms with Crippen LogP contribution in [-0.2, 0) is 27.2 Å². The highest BCUT2D eigenvalue weighted by Crippen LogP contribution is 2.36. The number of nitrogens with one attached hydrogen (secondary N) is 2. The van der Waals surface area contributed by atoms with Gasteiger partial charge in [0.05, 0.1) is 18.2 Å². The van der Waals surface area contributed by atoms with Crippen LogP contribution in [0.25, 0.3) is 22.5 Å². The van der Waals surface area contributed by atoms with Gasteiger partial charge in [0.2, 0.25) is 5.91 Å². The van der Waals surface area contributed by atoms with Gasteiger partial charge in [-0.25, -0.2) is 29.3 Å². The fourth-order valence-corrected chi connectivity index (χ4v) is 9.46. The number of carbonyl (C=O) groups is 7. The molecule has 0 aliphatic carbocycles. The van der Waals surface area contributed by atoms with Gasteiger partial charge in [-0.3, -0.25) is 28.8 Å². The molecule has 2 aliphatic rings. The SMILES string of the molecule is CC(C)C=O.CCc1ccnc(NC(=O)c2ccc(-c3nc([C@@H]4CCCCN4C(=O)/C(C#N)=C/C(C)C)n(N)c3C(N)=O)cc2)c1.CCc1ccnc(NC(=O)c2ccc(-c3nc([C@@H]4CCCCN4C(=O)CC#N)n(N)c3C(N)=O)cc2)c1. The Labute approximate surface area is 481 Å². The Balaban J connectivity index is 0.000000247. The van der Waals surface area contributed by atoms with Gasteiger partial charge in [0.15, 0.2) is 23.0 Å². The standard InChI is InChI=1S/C30H34N8O3.C26H28N8O3.C4H8O/c1-4-19-12-13-34-24(16-19)35-29(40)21-10-8-20(9-11-21)25-26(27(32)39)38(33)28(36-25)23-7-5-6-14-37(23)30(41)22(17-31)15-18(2)3;1-2-16-11-13-30-20(15-16)31-26(37)18-8-6-17(7-9-18)22-23(24(28)36)34(29)25(32-22)19-5-3-4-14-33(19)21(35)10-12-27;1-4(2)3-5/h8-13,15-16,18,23H,4-7,14,33H2,1-3H3,(H2,32,39)(H,34,35,40);6-9,11,13,15,19H,2-5,10,14,29H2,1H3,(H2,28,36)(H,30,31,37);3-4H,1-2H3/b22-15+;;/t23-;19-;/m00./s1. The number of nitrogen functional groups attached to an aromatic ring is 2. The Bertz CT molecular complexity index is 3460. The maximum atomic E-state index is 13.3. The Morgan fingerprint density at radius 2 is 1.07 bits per heavy atom. The van der Waals surface area contributed by atoms with Crippen LogP contribution in [0.5, 0.6) is 0 Å². The van der Waals surface area contributed by atoms with Gasteiger partial charge in [0.1, 0.15) is 47.4 Å². The van der Waals surface area contributed by atoms with Gasteiger partial charge in [-0.15, -0.1) is 0 Å². The van der Waals surface area contributed by atoms with Crippen molar-refractivity contribution in [2.75, 3.05) is 35.4 Å². The molecule has 4 aromatic heterocycles. The van der Waals surface area contributed by atoms with E-state index in [0.717, 1.165) is 65.3 Å². The minimum atomic E-state index is -0.781. The number of hydrogen-bond acceptors (Lipinski definition) is 15. The first-order valence-electron chi connectivity index (χ1n) is 27.4. The number of aromatic nitrogens is 6. The number of carbonyl (C=O) groups excluding carboxylic acids is 7. The predicted molar refractivity (Wildman–Crippen MR) is 312 cm³/mol. The average Bonchev–Trinajstić information content (AvgIpc) is 4.23. The summed E-state index contributed by atoms with van der Waals surface area (Å²) in [5, 5.41) is 24.2. The lowest BCUT2D eigenvalue weighted by atomic mass is 9.99. The third-order valence-electron chi connectivity index (χ3n) is 13.7. The van der Waals surface area contributed by atoms with Crippen molar-refractivity contribution in [3.8, 4) is 34.7 Å². The van der Waals surface area contributed by atoms with Gasteiger partial charge >= 0.3 is 0 Å². The number of aryl methyl sites for hydroxylation is 2. The second kappa shape index (κ2) is 28.9. The molecule has 6 heterocycles. The van der Waals surface area contributed by atoms with Crippen LogP contribution in [0.15, 0.2) is 96.8 Å². The van der Waals surface area contributed by atoms with E-state index in [1.165, 1.54) is 0 Å². The molecule has 23 nitrogen and oxygen atoms in total. The molecule has 0 saturated carbocycles. The van der Waals surface area contributed by atoms with Crippen LogP contribution in [0.3, 0.4) is 0 Å². The molecule has 2 saturated heterocycles. The summed E-state index contributed by atoms with van der Waals surface area (Å²) in [7, 11) is 0. The molecular formula is C60H70N16O7. The number of aldehydes is 1.